The van der Waals surface area contributed by atoms with Gasteiger partial charge in [0.05, 0.1) is 23.0 Å². The normalized spacial score (nSPS) is 12.5. The molecule has 0 aliphatic rings. The summed E-state index contributed by atoms with van der Waals surface area (Å²) >= 11 is 12.1. The van der Waals surface area contributed by atoms with Crippen molar-refractivity contribution in [3.63, 3.8) is 0 Å². The fourth-order valence-electron chi connectivity index (χ4n) is 3.04. The molecule has 1 N–H and O–H groups in total. The van der Waals surface area contributed by atoms with Crippen molar-refractivity contribution >= 4 is 44.8 Å². The summed E-state index contributed by atoms with van der Waals surface area (Å²) in [6.07, 6.45) is 1.70. The van der Waals surface area contributed by atoms with Crippen LogP contribution in [0.2, 0.25) is 10.0 Å². The van der Waals surface area contributed by atoms with Crippen molar-refractivity contribution in [1.29, 1.82) is 0 Å². The molecule has 0 aliphatic heterocycles. The van der Waals surface area contributed by atoms with Crippen LogP contribution in [0.15, 0.2) is 36.4 Å². The second-order valence-electron chi connectivity index (χ2n) is 6.75. The molecule has 0 aliphatic carbocycles. The zero-order chi connectivity index (χ0) is 21.1. The number of nitrogens with zero attached hydrogens (tertiary/aromatic N) is 1. The number of amides is 1. The maximum Gasteiger partial charge on any atom is 0.241 e. The van der Waals surface area contributed by atoms with E-state index in [9.17, 15) is 13.2 Å². The molecule has 28 heavy (non-hydrogen) atoms. The molecular weight excluding hydrogens is 419 g/mol. The van der Waals surface area contributed by atoms with E-state index in [0.29, 0.717) is 11.4 Å². The molecule has 0 saturated heterocycles. The molecule has 152 valence electrons. The van der Waals surface area contributed by atoms with Gasteiger partial charge in [-0.3, -0.25) is 9.10 Å². The van der Waals surface area contributed by atoms with Crippen molar-refractivity contribution in [2.24, 2.45) is 0 Å². The van der Waals surface area contributed by atoms with Crippen molar-refractivity contribution in [3.8, 4) is 0 Å². The van der Waals surface area contributed by atoms with E-state index in [1.165, 1.54) is 12.1 Å². The molecule has 0 saturated carbocycles. The topological polar surface area (TPSA) is 66.5 Å². The second-order valence-corrected chi connectivity index (χ2v) is 9.50. The highest BCUT2D eigenvalue weighted by atomic mass is 35.5. The molecule has 0 fully saturated rings. The number of carbonyl (C=O) groups excluding carboxylic acids is 1. The first-order chi connectivity index (χ1) is 13.0. The van der Waals surface area contributed by atoms with Crippen LogP contribution in [0.1, 0.15) is 36.1 Å². The highest BCUT2D eigenvalue weighted by Crippen LogP contribution is 2.30. The maximum absolute atomic E-state index is 12.7. The number of benzene rings is 2. The molecule has 1 atom stereocenters. The van der Waals surface area contributed by atoms with Crippen LogP contribution < -0.4 is 9.62 Å². The van der Waals surface area contributed by atoms with Gasteiger partial charge in [0.1, 0.15) is 6.54 Å². The number of hydrogen-bond acceptors (Lipinski definition) is 3. The molecule has 0 heterocycles. The molecule has 0 aromatic heterocycles. The predicted octanol–water partition coefficient (Wildman–Crippen LogP) is 4.64. The Labute approximate surface area is 176 Å². The summed E-state index contributed by atoms with van der Waals surface area (Å²) in [6.45, 7) is 5.58. The molecule has 0 spiro atoms. The fourth-order valence-corrected chi connectivity index (χ4v) is 4.34. The van der Waals surface area contributed by atoms with Crippen LogP contribution in [0.5, 0.6) is 0 Å². The van der Waals surface area contributed by atoms with Gasteiger partial charge in [-0.2, -0.15) is 0 Å². The summed E-state index contributed by atoms with van der Waals surface area (Å²) < 4.78 is 25.5. The van der Waals surface area contributed by atoms with Crippen molar-refractivity contribution in [3.05, 3.63) is 63.1 Å². The Kier molecular flexibility index (Phi) is 7.37. The van der Waals surface area contributed by atoms with Gasteiger partial charge in [0, 0.05) is 5.02 Å². The highest BCUT2D eigenvalue weighted by molar-refractivity contribution is 7.92. The van der Waals surface area contributed by atoms with Crippen LogP contribution in [0, 0.1) is 13.8 Å². The number of carbonyl (C=O) groups is 1. The Morgan fingerprint density at radius 1 is 1.14 bits per heavy atom. The van der Waals surface area contributed by atoms with Gasteiger partial charge >= 0.3 is 0 Å². The Bertz CT molecular complexity index is 977. The van der Waals surface area contributed by atoms with Gasteiger partial charge in [0.15, 0.2) is 0 Å². The molecule has 0 bridgehead atoms. The third kappa shape index (κ3) is 5.63. The molecule has 0 radical (unpaired) electrons. The lowest BCUT2D eigenvalue weighted by Gasteiger charge is -2.25. The minimum atomic E-state index is -3.74. The number of hydrogen-bond donors (Lipinski definition) is 1. The summed E-state index contributed by atoms with van der Waals surface area (Å²) in [5.41, 5.74) is 3.39. The molecule has 1 amide bonds. The van der Waals surface area contributed by atoms with E-state index in [4.69, 9.17) is 23.2 Å². The number of aryl methyl sites for hydroxylation is 2. The van der Waals surface area contributed by atoms with Crippen LogP contribution in [0.4, 0.5) is 5.69 Å². The summed E-state index contributed by atoms with van der Waals surface area (Å²) in [7, 11) is -3.74. The molecule has 0 unspecified atom stereocenters. The maximum atomic E-state index is 12.7. The summed E-state index contributed by atoms with van der Waals surface area (Å²) in [5.74, 6) is -0.423. The Morgan fingerprint density at radius 3 is 2.39 bits per heavy atom. The standard InChI is InChI=1S/C20H24Cl2N2O3S/c1-5-18(16-8-6-13(2)10-14(16)3)23-20(25)12-24(28(4,26)27)19-11-15(21)7-9-17(19)22/h6-11,18H,5,12H2,1-4H3,(H,23,25)/t18-/m1/s1. The second kappa shape index (κ2) is 9.16. The first-order valence-electron chi connectivity index (χ1n) is 8.82. The van der Waals surface area contributed by atoms with Crippen LogP contribution in [-0.2, 0) is 14.8 Å². The van der Waals surface area contributed by atoms with Crippen LogP contribution in [0.3, 0.4) is 0 Å². The molecule has 8 heteroatoms. The highest BCUT2D eigenvalue weighted by Gasteiger charge is 2.25. The van der Waals surface area contributed by atoms with Gasteiger partial charge in [-0.1, -0.05) is 53.9 Å². The average Bonchev–Trinajstić information content (AvgIpc) is 2.59. The lowest BCUT2D eigenvalue weighted by atomic mass is 9.97. The van der Waals surface area contributed by atoms with Gasteiger partial charge < -0.3 is 5.32 Å². The van der Waals surface area contributed by atoms with Crippen molar-refractivity contribution in [2.45, 2.75) is 33.2 Å². The minimum absolute atomic E-state index is 0.173. The van der Waals surface area contributed by atoms with Crippen molar-refractivity contribution in [1.82, 2.24) is 5.32 Å². The smallest absolute Gasteiger partial charge is 0.241 e. The fraction of sp³-hybridized carbons (Fsp3) is 0.350. The van der Waals surface area contributed by atoms with Gasteiger partial charge in [-0.05, 0) is 49.6 Å². The quantitative estimate of drug-likeness (QED) is 0.678. The van der Waals surface area contributed by atoms with E-state index in [-0.39, 0.29) is 23.3 Å². The van der Waals surface area contributed by atoms with Gasteiger partial charge in [0.2, 0.25) is 15.9 Å². The molecular formula is C20H24Cl2N2O3S. The largest absolute Gasteiger partial charge is 0.348 e. The molecule has 2 aromatic carbocycles. The molecule has 2 aromatic rings. The predicted molar refractivity (Wildman–Crippen MR) is 116 cm³/mol. The first kappa shape index (κ1) is 22.5. The van der Waals surface area contributed by atoms with Crippen LogP contribution in [0.25, 0.3) is 0 Å². The minimum Gasteiger partial charge on any atom is -0.348 e. The third-order valence-electron chi connectivity index (χ3n) is 4.41. The average molecular weight is 443 g/mol. The Balaban J connectivity index is 2.27. The third-order valence-corrected chi connectivity index (χ3v) is 6.09. The SMILES string of the molecule is CC[C@@H](NC(=O)CN(c1cc(Cl)ccc1Cl)S(C)(=O)=O)c1ccc(C)cc1C. The van der Waals surface area contributed by atoms with Crippen LogP contribution >= 0.6 is 23.2 Å². The summed E-state index contributed by atoms with van der Waals surface area (Å²) in [4.78, 5) is 12.7. The lowest BCUT2D eigenvalue weighted by Crippen LogP contribution is -2.41. The zero-order valence-corrected chi connectivity index (χ0v) is 18.6. The number of nitrogens with one attached hydrogen (secondary N) is 1. The summed E-state index contributed by atoms with van der Waals surface area (Å²) in [6, 6.07) is 10.3. The molecule has 2 rings (SSSR count). The summed E-state index contributed by atoms with van der Waals surface area (Å²) in [5, 5.41) is 3.46. The van der Waals surface area contributed by atoms with E-state index >= 15 is 0 Å². The number of halogens is 2. The van der Waals surface area contributed by atoms with E-state index in [0.717, 1.165) is 27.3 Å². The first-order valence-corrected chi connectivity index (χ1v) is 11.4. The number of rotatable bonds is 7. The molecule has 5 nitrogen and oxygen atoms in total. The Hall–Kier alpha value is -1.76. The van der Waals surface area contributed by atoms with Crippen molar-refractivity contribution in [2.75, 3.05) is 17.1 Å². The zero-order valence-electron chi connectivity index (χ0n) is 16.3. The Morgan fingerprint density at radius 2 is 1.82 bits per heavy atom. The van der Waals surface area contributed by atoms with E-state index in [2.05, 4.69) is 11.4 Å². The number of sulfonamides is 1. The monoisotopic (exact) mass is 442 g/mol. The lowest BCUT2D eigenvalue weighted by molar-refractivity contribution is -0.120. The van der Waals surface area contributed by atoms with Gasteiger partial charge in [-0.25, -0.2) is 8.42 Å². The van der Waals surface area contributed by atoms with Crippen molar-refractivity contribution < 1.29 is 13.2 Å². The van der Waals surface area contributed by atoms with Gasteiger partial charge in [-0.15, -0.1) is 0 Å². The van der Waals surface area contributed by atoms with E-state index < -0.39 is 15.9 Å². The van der Waals surface area contributed by atoms with E-state index in [1.54, 1.807) is 6.07 Å². The van der Waals surface area contributed by atoms with E-state index in [1.807, 2.05) is 32.9 Å². The number of anilines is 1. The van der Waals surface area contributed by atoms with Crippen LogP contribution in [-0.4, -0.2) is 27.1 Å². The van der Waals surface area contributed by atoms with Gasteiger partial charge in [0.25, 0.3) is 0 Å².